The normalized spacial score (nSPS) is 16.2. The SMILES string of the molecule is C1=C(C2=NC(c3ccc(-c4ccccc4)cc3)=NC(c3ccccc3)N2)CC(c2ccccc2)C(n2c3ccccc3c3cc4c(cc32)c2ccccc2n4-c2ccccc2)=C1c1ccccc1. The number of rotatable bonds is 8. The van der Waals surface area contributed by atoms with Crippen molar-refractivity contribution in [2.45, 2.75) is 18.5 Å². The fourth-order valence-corrected chi connectivity index (χ4v) is 10.6. The summed E-state index contributed by atoms with van der Waals surface area (Å²) >= 11 is 0. The molecule has 5 heteroatoms. The highest BCUT2D eigenvalue weighted by Crippen LogP contribution is 2.48. The highest BCUT2D eigenvalue weighted by molar-refractivity contribution is 6.21. The van der Waals surface area contributed by atoms with Gasteiger partial charge in [0.25, 0.3) is 0 Å². The van der Waals surface area contributed by atoms with Crippen LogP contribution in [0.4, 0.5) is 0 Å². The third-order valence-corrected chi connectivity index (χ3v) is 13.8. The first kappa shape index (κ1) is 39.6. The minimum Gasteiger partial charge on any atom is -0.344 e. The maximum atomic E-state index is 5.44. The van der Waals surface area contributed by atoms with Crippen LogP contribution in [0.3, 0.4) is 0 Å². The van der Waals surface area contributed by atoms with E-state index in [1.807, 2.05) is 0 Å². The summed E-state index contributed by atoms with van der Waals surface area (Å²) < 4.78 is 5.00. The molecule has 3 heterocycles. The van der Waals surface area contributed by atoms with Crippen molar-refractivity contribution in [1.82, 2.24) is 14.5 Å². The fraction of sp³-hybridized carbons (Fsp3) is 0.0476. The number of hydrogen-bond donors (Lipinski definition) is 1. The van der Waals surface area contributed by atoms with E-state index in [0.29, 0.717) is 12.3 Å². The van der Waals surface area contributed by atoms with Crippen LogP contribution in [0.15, 0.2) is 258 Å². The average Bonchev–Trinajstić information content (AvgIpc) is 3.92. The molecule has 2 unspecified atom stereocenters. The van der Waals surface area contributed by atoms with Gasteiger partial charge in [-0.25, -0.2) is 9.98 Å². The van der Waals surface area contributed by atoms with E-state index in [0.717, 1.165) is 44.9 Å². The van der Waals surface area contributed by atoms with E-state index in [1.54, 1.807) is 0 Å². The molecule has 11 aromatic rings. The number of nitrogens with one attached hydrogen (secondary N) is 1. The predicted octanol–water partition coefficient (Wildman–Crippen LogP) is 15.2. The van der Waals surface area contributed by atoms with Crippen molar-refractivity contribution >= 4 is 66.6 Å². The summed E-state index contributed by atoms with van der Waals surface area (Å²) in [4.78, 5) is 10.7. The molecule has 1 N–H and O–H groups in total. The van der Waals surface area contributed by atoms with Crippen LogP contribution in [-0.2, 0) is 0 Å². The van der Waals surface area contributed by atoms with Crippen molar-refractivity contribution in [1.29, 1.82) is 0 Å². The molecule has 2 aromatic heterocycles. The summed E-state index contributed by atoms with van der Waals surface area (Å²) in [5.41, 5.74) is 16.2. The number of nitrogens with zero attached hydrogens (tertiary/aromatic N) is 4. The molecular formula is C63H45N5. The number of aliphatic imine (C=N–C) groups is 2. The maximum Gasteiger partial charge on any atom is 0.159 e. The van der Waals surface area contributed by atoms with Gasteiger partial charge in [-0.15, -0.1) is 0 Å². The molecule has 2 aliphatic rings. The number of benzene rings is 9. The topological polar surface area (TPSA) is 46.6 Å². The maximum absolute atomic E-state index is 5.44. The van der Waals surface area contributed by atoms with E-state index >= 15 is 0 Å². The number of fused-ring (bicyclic) bond motifs is 6. The Morgan fingerprint density at radius 1 is 0.412 bits per heavy atom. The molecule has 13 rings (SSSR count). The molecule has 68 heavy (non-hydrogen) atoms. The molecule has 0 fully saturated rings. The Morgan fingerprint density at radius 3 is 1.53 bits per heavy atom. The molecule has 0 saturated heterocycles. The van der Waals surface area contributed by atoms with Crippen LogP contribution in [0.25, 0.3) is 71.7 Å². The van der Waals surface area contributed by atoms with E-state index in [-0.39, 0.29) is 12.1 Å². The van der Waals surface area contributed by atoms with Crippen LogP contribution in [-0.4, -0.2) is 20.8 Å². The van der Waals surface area contributed by atoms with Crippen LogP contribution in [0.5, 0.6) is 0 Å². The van der Waals surface area contributed by atoms with Crippen LogP contribution in [0, 0.1) is 0 Å². The second-order valence-electron chi connectivity index (χ2n) is 17.7. The number of allylic oxidation sites excluding steroid dienone is 3. The molecule has 0 amide bonds. The Balaban J connectivity index is 1.06. The zero-order chi connectivity index (χ0) is 45.0. The lowest BCUT2D eigenvalue weighted by Crippen LogP contribution is -2.35. The van der Waals surface area contributed by atoms with Crippen LogP contribution < -0.4 is 5.32 Å². The number of amidine groups is 2. The lowest BCUT2D eigenvalue weighted by atomic mass is 9.79. The van der Waals surface area contributed by atoms with Crippen LogP contribution in [0.2, 0.25) is 0 Å². The van der Waals surface area contributed by atoms with Gasteiger partial charge >= 0.3 is 0 Å². The summed E-state index contributed by atoms with van der Waals surface area (Å²) in [6, 6.07) is 85.0. The van der Waals surface area contributed by atoms with E-state index in [1.165, 1.54) is 60.4 Å². The molecule has 322 valence electrons. The molecule has 1 aliphatic heterocycles. The van der Waals surface area contributed by atoms with E-state index < -0.39 is 0 Å². The van der Waals surface area contributed by atoms with Gasteiger partial charge in [0.1, 0.15) is 12.0 Å². The van der Waals surface area contributed by atoms with Gasteiger partial charge in [0, 0.05) is 50.0 Å². The van der Waals surface area contributed by atoms with E-state index in [4.69, 9.17) is 9.98 Å². The Bertz CT molecular complexity index is 3810. The second kappa shape index (κ2) is 16.6. The third kappa shape index (κ3) is 6.78. The zero-order valence-electron chi connectivity index (χ0n) is 37.2. The van der Waals surface area contributed by atoms with Crippen molar-refractivity contribution in [3.63, 3.8) is 0 Å². The van der Waals surface area contributed by atoms with Crippen molar-refractivity contribution in [2.75, 3.05) is 0 Å². The number of hydrogen-bond acceptors (Lipinski definition) is 3. The van der Waals surface area contributed by atoms with E-state index in [2.05, 4.69) is 257 Å². The Morgan fingerprint density at radius 2 is 0.897 bits per heavy atom. The monoisotopic (exact) mass is 871 g/mol. The molecule has 5 nitrogen and oxygen atoms in total. The van der Waals surface area contributed by atoms with Gasteiger partial charge in [0.15, 0.2) is 5.84 Å². The highest BCUT2D eigenvalue weighted by Gasteiger charge is 2.33. The summed E-state index contributed by atoms with van der Waals surface area (Å²) in [6.07, 6.45) is 2.79. The highest BCUT2D eigenvalue weighted by atomic mass is 15.2. The Labute approximate surface area is 395 Å². The summed E-state index contributed by atoms with van der Waals surface area (Å²) in [5, 5.41) is 8.74. The molecule has 0 radical (unpaired) electrons. The zero-order valence-corrected chi connectivity index (χ0v) is 37.2. The first-order valence-electron chi connectivity index (χ1n) is 23.4. The minimum atomic E-state index is -0.327. The number of aromatic nitrogens is 2. The van der Waals surface area contributed by atoms with Gasteiger partial charge in [-0.2, -0.15) is 0 Å². The van der Waals surface area contributed by atoms with Gasteiger partial charge in [0.05, 0.1) is 22.1 Å². The molecule has 0 spiro atoms. The predicted molar refractivity (Wildman–Crippen MR) is 283 cm³/mol. The molecule has 0 saturated carbocycles. The quantitative estimate of drug-likeness (QED) is 0.162. The smallest absolute Gasteiger partial charge is 0.159 e. The van der Waals surface area contributed by atoms with Crippen LogP contribution >= 0.6 is 0 Å². The molecule has 9 aromatic carbocycles. The fourth-order valence-electron chi connectivity index (χ4n) is 10.6. The van der Waals surface area contributed by atoms with Gasteiger partial charge in [-0.05, 0) is 82.3 Å². The van der Waals surface area contributed by atoms with Crippen molar-refractivity contribution < 1.29 is 0 Å². The van der Waals surface area contributed by atoms with Gasteiger partial charge in [-0.1, -0.05) is 200 Å². The van der Waals surface area contributed by atoms with Crippen molar-refractivity contribution in [2.24, 2.45) is 9.98 Å². The molecule has 2 atom stereocenters. The molecule has 1 aliphatic carbocycles. The summed E-state index contributed by atoms with van der Waals surface area (Å²) in [7, 11) is 0. The molecule has 0 bridgehead atoms. The second-order valence-corrected chi connectivity index (χ2v) is 17.7. The van der Waals surface area contributed by atoms with Crippen molar-refractivity contribution in [3.05, 3.63) is 270 Å². The first-order valence-corrected chi connectivity index (χ1v) is 23.4. The van der Waals surface area contributed by atoms with Crippen molar-refractivity contribution in [3.8, 4) is 16.8 Å². The van der Waals surface area contributed by atoms with Gasteiger partial charge < -0.3 is 14.5 Å². The van der Waals surface area contributed by atoms with Crippen LogP contribution in [0.1, 0.15) is 40.8 Å². The standard InChI is InChI=1S/C63H45N5/c1-6-20-42(21-7-1)43-34-36-47(37-35-43)62-64-61(46-26-12-4-13-27-46)65-63(66-62)48-38-52(44-22-8-2-9-23-44)60(53(39-48)45-24-10-3-11-25-45)68-57-33-19-17-31-51(57)55-40-58-54(41-59(55)68)50-30-16-18-32-56(50)67(58)49-28-14-5-15-29-49/h1-38,40-41,53,61H,39H2,(H,64,65,66). The summed E-state index contributed by atoms with van der Waals surface area (Å²) in [5.74, 6) is 1.50. The van der Waals surface area contributed by atoms with Gasteiger partial charge in [-0.3, -0.25) is 0 Å². The Kier molecular flexibility index (Phi) is 9.64. The average molecular weight is 872 g/mol. The lowest BCUT2D eigenvalue weighted by Gasteiger charge is -2.33. The third-order valence-electron chi connectivity index (χ3n) is 13.8. The van der Waals surface area contributed by atoms with Gasteiger partial charge in [0.2, 0.25) is 0 Å². The largest absolute Gasteiger partial charge is 0.344 e. The Hall–Kier alpha value is -8.80. The molecular weight excluding hydrogens is 827 g/mol. The lowest BCUT2D eigenvalue weighted by molar-refractivity contribution is 0.668. The number of para-hydroxylation sites is 3. The first-order chi connectivity index (χ1) is 33.7. The summed E-state index contributed by atoms with van der Waals surface area (Å²) in [6.45, 7) is 0. The van der Waals surface area contributed by atoms with E-state index in [9.17, 15) is 0 Å². The minimum absolute atomic E-state index is 0.0427.